The van der Waals surface area contributed by atoms with Gasteiger partial charge in [-0.2, -0.15) is 0 Å². The number of likely N-dealkylation sites (tertiary alicyclic amines) is 1. The summed E-state index contributed by atoms with van der Waals surface area (Å²) < 4.78 is 11.2. The fraction of sp³-hybridized carbons (Fsp3) is 0.409. The third kappa shape index (κ3) is 4.56. The van der Waals surface area contributed by atoms with Crippen molar-refractivity contribution in [3.05, 3.63) is 54.2 Å². The minimum absolute atomic E-state index is 0.123. The highest BCUT2D eigenvalue weighted by Crippen LogP contribution is 2.26. The van der Waals surface area contributed by atoms with Crippen molar-refractivity contribution in [2.45, 2.75) is 12.8 Å². The number of morpholine rings is 1. The summed E-state index contributed by atoms with van der Waals surface area (Å²) in [5.74, 6) is 0.715. The molecule has 0 N–H and O–H groups in total. The number of pyridine rings is 1. The summed E-state index contributed by atoms with van der Waals surface area (Å²) in [5, 5.41) is 0. The molecular formula is C22H25N3O4. The topological polar surface area (TPSA) is 72.0 Å². The second-order valence-corrected chi connectivity index (χ2v) is 7.30. The number of rotatable bonds is 4. The van der Waals surface area contributed by atoms with Gasteiger partial charge in [0, 0.05) is 32.4 Å². The average Bonchev–Trinajstić information content (AvgIpc) is 2.80. The zero-order chi connectivity index (χ0) is 20.1. The Morgan fingerprint density at radius 1 is 1.00 bits per heavy atom. The summed E-state index contributed by atoms with van der Waals surface area (Å²) in [4.78, 5) is 33.9. The number of piperidine rings is 1. The van der Waals surface area contributed by atoms with E-state index in [9.17, 15) is 9.59 Å². The van der Waals surface area contributed by atoms with E-state index in [1.807, 2.05) is 35.2 Å². The molecule has 0 saturated carbocycles. The Morgan fingerprint density at radius 2 is 1.79 bits per heavy atom. The molecule has 2 amide bonds. The lowest BCUT2D eigenvalue weighted by molar-refractivity contribution is -0.141. The number of aromatic nitrogens is 1. The van der Waals surface area contributed by atoms with Crippen LogP contribution in [0.2, 0.25) is 0 Å². The molecule has 152 valence electrons. The maximum absolute atomic E-state index is 13.2. The molecule has 0 radical (unpaired) electrons. The highest BCUT2D eigenvalue weighted by atomic mass is 16.5. The maximum atomic E-state index is 13.2. The highest BCUT2D eigenvalue weighted by Gasteiger charge is 2.33. The standard InChI is InChI=1S/C22H25N3O4/c26-21(24-12-14-28-15-13-24)17-6-5-11-25(16-17)22(27)19-9-4-10-23-20(19)29-18-7-2-1-3-8-18/h1-4,7-10,17H,5-6,11-16H2. The van der Waals surface area contributed by atoms with E-state index in [0.29, 0.717) is 50.7 Å². The molecule has 2 fully saturated rings. The molecule has 1 unspecified atom stereocenters. The molecule has 0 spiro atoms. The lowest BCUT2D eigenvalue weighted by Crippen LogP contribution is -2.49. The van der Waals surface area contributed by atoms with Crippen molar-refractivity contribution in [2.24, 2.45) is 5.92 Å². The third-order valence-corrected chi connectivity index (χ3v) is 5.34. The number of carbonyl (C=O) groups is 2. The molecular weight excluding hydrogens is 370 g/mol. The fourth-order valence-electron chi connectivity index (χ4n) is 3.81. The van der Waals surface area contributed by atoms with Crippen LogP contribution < -0.4 is 4.74 Å². The Hall–Kier alpha value is -2.93. The van der Waals surface area contributed by atoms with E-state index >= 15 is 0 Å². The monoisotopic (exact) mass is 395 g/mol. The molecule has 2 saturated heterocycles. The van der Waals surface area contributed by atoms with Crippen molar-refractivity contribution in [1.82, 2.24) is 14.8 Å². The number of amides is 2. The van der Waals surface area contributed by atoms with Gasteiger partial charge in [-0.15, -0.1) is 0 Å². The molecule has 29 heavy (non-hydrogen) atoms. The molecule has 2 aliphatic rings. The van der Waals surface area contributed by atoms with Crippen molar-refractivity contribution in [3.63, 3.8) is 0 Å². The lowest BCUT2D eigenvalue weighted by Gasteiger charge is -2.36. The first-order valence-corrected chi connectivity index (χ1v) is 10.1. The van der Waals surface area contributed by atoms with Gasteiger partial charge < -0.3 is 19.3 Å². The van der Waals surface area contributed by atoms with Crippen LogP contribution >= 0.6 is 0 Å². The van der Waals surface area contributed by atoms with Gasteiger partial charge in [-0.1, -0.05) is 18.2 Å². The maximum Gasteiger partial charge on any atom is 0.259 e. The summed E-state index contributed by atoms with van der Waals surface area (Å²) in [7, 11) is 0. The van der Waals surface area contributed by atoms with Crippen LogP contribution in [0.25, 0.3) is 0 Å². The van der Waals surface area contributed by atoms with E-state index in [1.165, 1.54) is 0 Å². The summed E-state index contributed by atoms with van der Waals surface area (Å²) in [6.07, 6.45) is 3.22. The van der Waals surface area contributed by atoms with Crippen LogP contribution in [0.15, 0.2) is 48.7 Å². The zero-order valence-electron chi connectivity index (χ0n) is 16.3. The lowest BCUT2D eigenvalue weighted by atomic mass is 9.95. The van der Waals surface area contributed by atoms with Crippen LogP contribution in [-0.4, -0.2) is 66.0 Å². The summed E-state index contributed by atoms with van der Waals surface area (Å²) in [6.45, 7) is 3.47. The Labute approximate surface area is 170 Å². The second kappa shape index (κ2) is 9.05. The van der Waals surface area contributed by atoms with Crippen LogP contribution in [0, 0.1) is 5.92 Å². The molecule has 4 rings (SSSR count). The first-order valence-electron chi connectivity index (χ1n) is 10.1. The minimum Gasteiger partial charge on any atom is -0.438 e. The molecule has 0 bridgehead atoms. The van der Waals surface area contributed by atoms with Gasteiger partial charge in [-0.05, 0) is 37.1 Å². The molecule has 1 aromatic carbocycles. The summed E-state index contributed by atoms with van der Waals surface area (Å²) in [5.41, 5.74) is 0.413. The Morgan fingerprint density at radius 3 is 2.59 bits per heavy atom. The molecule has 3 heterocycles. The summed E-state index contributed by atoms with van der Waals surface area (Å²) in [6, 6.07) is 12.7. The van der Waals surface area contributed by atoms with Crippen LogP contribution in [0.3, 0.4) is 0 Å². The van der Waals surface area contributed by atoms with E-state index < -0.39 is 0 Å². The smallest absolute Gasteiger partial charge is 0.259 e. The van der Waals surface area contributed by atoms with Crippen molar-refractivity contribution in [3.8, 4) is 11.6 Å². The number of benzene rings is 1. The number of hydrogen-bond acceptors (Lipinski definition) is 5. The van der Waals surface area contributed by atoms with Crippen molar-refractivity contribution < 1.29 is 19.1 Å². The number of carbonyl (C=O) groups excluding carboxylic acids is 2. The van der Waals surface area contributed by atoms with Gasteiger partial charge in [-0.3, -0.25) is 9.59 Å². The van der Waals surface area contributed by atoms with Gasteiger partial charge >= 0.3 is 0 Å². The van der Waals surface area contributed by atoms with Crippen molar-refractivity contribution in [2.75, 3.05) is 39.4 Å². The highest BCUT2D eigenvalue weighted by molar-refractivity contribution is 5.97. The molecule has 0 aliphatic carbocycles. The normalized spacial score (nSPS) is 19.7. The molecule has 1 aromatic heterocycles. The predicted molar refractivity (Wildman–Crippen MR) is 107 cm³/mol. The van der Waals surface area contributed by atoms with Gasteiger partial charge in [0.05, 0.1) is 19.1 Å². The molecule has 2 aromatic rings. The Balaban J connectivity index is 1.47. The first-order chi connectivity index (χ1) is 14.2. The van der Waals surface area contributed by atoms with Crippen LogP contribution in [0.5, 0.6) is 11.6 Å². The van der Waals surface area contributed by atoms with E-state index in [-0.39, 0.29) is 23.6 Å². The zero-order valence-corrected chi connectivity index (χ0v) is 16.3. The molecule has 1 atom stereocenters. The minimum atomic E-state index is -0.166. The summed E-state index contributed by atoms with van der Waals surface area (Å²) >= 11 is 0. The van der Waals surface area contributed by atoms with Crippen molar-refractivity contribution in [1.29, 1.82) is 0 Å². The third-order valence-electron chi connectivity index (χ3n) is 5.34. The van der Waals surface area contributed by atoms with E-state index in [1.54, 1.807) is 23.2 Å². The molecule has 2 aliphatic heterocycles. The van der Waals surface area contributed by atoms with E-state index in [0.717, 1.165) is 12.8 Å². The van der Waals surface area contributed by atoms with Crippen molar-refractivity contribution >= 4 is 11.8 Å². The van der Waals surface area contributed by atoms with Crippen LogP contribution in [0.1, 0.15) is 23.2 Å². The predicted octanol–water partition coefficient (Wildman–Crippen LogP) is 2.58. The molecule has 7 heteroatoms. The van der Waals surface area contributed by atoms with Gasteiger partial charge in [0.25, 0.3) is 5.91 Å². The van der Waals surface area contributed by atoms with Gasteiger partial charge in [0.2, 0.25) is 11.8 Å². The quantitative estimate of drug-likeness (QED) is 0.796. The average molecular weight is 395 g/mol. The number of ether oxygens (including phenoxy) is 2. The Bertz CT molecular complexity index is 852. The van der Waals surface area contributed by atoms with E-state index in [2.05, 4.69) is 4.98 Å². The van der Waals surface area contributed by atoms with Gasteiger partial charge in [-0.25, -0.2) is 4.98 Å². The first kappa shape index (κ1) is 19.4. The number of hydrogen-bond donors (Lipinski definition) is 0. The number of nitrogens with zero attached hydrogens (tertiary/aromatic N) is 3. The fourth-order valence-corrected chi connectivity index (χ4v) is 3.81. The van der Waals surface area contributed by atoms with E-state index in [4.69, 9.17) is 9.47 Å². The molecule has 7 nitrogen and oxygen atoms in total. The van der Waals surface area contributed by atoms with Crippen LogP contribution in [0.4, 0.5) is 0 Å². The van der Waals surface area contributed by atoms with Gasteiger partial charge in [0.1, 0.15) is 11.3 Å². The largest absolute Gasteiger partial charge is 0.438 e. The SMILES string of the molecule is O=C(c1cccnc1Oc1ccccc1)N1CCCC(C(=O)N2CCOCC2)C1. The number of para-hydroxylation sites is 1. The van der Waals surface area contributed by atoms with Crippen LogP contribution in [-0.2, 0) is 9.53 Å². The Kier molecular flexibility index (Phi) is 6.05. The second-order valence-electron chi connectivity index (χ2n) is 7.30. The van der Waals surface area contributed by atoms with Gasteiger partial charge in [0.15, 0.2) is 0 Å².